The predicted molar refractivity (Wildman–Crippen MR) is 91.8 cm³/mol. The van der Waals surface area contributed by atoms with Crippen LogP contribution in [0.25, 0.3) is 10.9 Å². The van der Waals surface area contributed by atoms with Gasteiger partial charge in [-0.15, -0.1) is 0 Å². The summed E-state index contributed by atoms with van der Waals surface area (Å²) in [5.41, 5.74) is 3.54. The highest BCUT2D eigenvalue weighted by Crippen LogP contribution is 2.26. The Morgan fingerprint density at radius 3 is 2.77 bits per heavy atom. The molecule has 0 saturated carbocycles. The fourth-order valence-electron chi connectivity index (χ4n) is 2.51. The highest BCUT2D eigenvalue weighted by atomic mass is 35.5. The van der Waals surface area contributed by atoms with E-state index in [2.05, 4.69) is 10.3 Å². The first-order valence-corrected chi connectivity index (χ1v) is 7.61. The average Bonchev–Trinajstić information content (AvgIpc) is 2.79. The first kappa shape index (κ1) is 14.9. The number of hydrogen-bond donors (Lipinski definition) is 2. The van der Waals surface area contributed by atoms with Gasteiger partial charge in [0.1, 0.15) is 0 Å². The van der Waals surface area contributed by atoms with Crippen molar-refractivity contribution in [3.63, 3.8) is 0 Å². The van der Waals surface area contributed by atoms with Crippen molar-refractivity contribution < 1.29 is 4.79 Å². The number of H-pyrrole nitrogens is 1. The fourth-order valence-corrected chi connectivity index (χ4v) is 2.85. The highest BCUT2D eigenvalue weighted by molar-refractivity contribution is 6.35. The summed E-state index contributed by atoms with van der Waals surface area (Å²) in [7, 11) is 0. The molecule has 0 aliphatic heterocycles. The molecule has 0 spiro atoms. The largest absolute Gasteiger partial charge is 0.358 e. The summed E-state index contributed by atoms with van der Waals surface area (Å²) in [4.78, 5) is 15.6. The quantitative estimate of drug-likeness (QED) is 0.699. The van der Waals surface area contributed by atoms with Gasteiger partial charge in [0.15, 0.2) is 0 Å². The number of carbonyl (C=O) groups excluding carboxylic acids is 1. The molecule has 5 heteroatoms. The van der Waals surface area contributed by atoms with Crippen molar-refractivity contribution in [2.24, 2.45) is 0 Å². The first-order valence-electron chi connectivity index (χ1n) is 6.85. The molecular formula is C17H14Cl2N2O. The van der Waals surface area contributed by atoms with Gasteiger partial charge in [-0.3, -0.25) is 4.79 Å². The number of aryl methyl sites for hydroxylation is 1. The van der Waals surface area contributed by atoms with Gasteiger partial charge < -0.3 is 10.3 Å². The van der Waals surface area contributed by atoms with Gasteiger partial charge in [-0.1, -0.05) is 41.4 Å². The maximum atomic E-state index is 12.3. The third-order valence-electron chi connectivity index (χ3n) is 3.57. The molecule has 0 aliphatic carbocycles. The number of para-hydroxylation sites is 1. The van der Waals surface area contributed by atoms with Crippen LogP contribution in [0.3, 0.4) is 0 Å². The number of benzene rings is 2. The number of fused-ring (bicyclic) bond motifs is 1. The first-order chi connectivity index (χ1) is 10.5. The maximum Gasteiger partial charge on any atom is 0.228 e. The lowest BCUT2D eigenvalue weighted by molar-refractivity contribution is -0.115. The van der Waals surface area contributed by atoms with Crippen LogP contribution in [0, 0.1) is 6.92 Å². The van der Waals surface area contributed by atoms with Crippen molar-refractivity contribution in [1.29, 1.82) is 0 Å². The Labute approximate surface area is 138 Å². The predicted octanol–water partition coefficient (Wildman–Crippen LogP) is 4.96. The molecule has 0 radical (unpaired) electrons. The van der Waals surface area contributed by atoms with E-state index in [1.807, 2.05) is 31.2 Å². The van der Waals surface area contributed by atoms with Crippen molar-refractivity contribution in [2.45, 2.75) is 13.3 Å². The molecule has 2 N–H and O–H groups in total. The van der Waals surface area contributed by atoms with Crippen molar-refractivity contribution in [2.75, 3.05) is 5.32 Å². The Kier molecular flexibility index (Phi) is 4.10. The monoisotopic (exact) mass is 332 g/mol. The van der Waals surface area contributed by atoms with Crippen molar-refractivity contribution in [3.8, 4) is 0 Å². The van der Waals surface area contributed by atoms with Crippen molar-refractivity contribution in [3.05, 3.63) is 63.8 Å². The summed E-state index contributed by atoms with van der Waals surface area (Å²) in [6.07, 6.45) is 0.276. The number of carbonyl (C=O) groups is 1. The summed E-state index contributed by atoms with van der Waals surface area (Å²) >= 11 is 12.0. The van der Waals surface area contributed by atoms with Gasteiger partial charge >= 0.3 is 0 Å². The average molecular weight is 333 g/mol. The lowest BCUT2D eigenvalue weighted by atomic mass is 10.1. The summed E-state index contributed by atoms with van der Waals surface area (Å²) in [6, 6.07) is 12.9. The van der Waals surface area contributed by atoms with Gasteiger partial charge in [-0.05, 0) is 36.8 Å². The van der Waals surface area contributed by atoms with E-state index in [-0.39, 0.29) is 12.3 Å². The number of rotatable bonds is 3. The zero-order chi connectivity index (χ0) is 15.7. The lowest BCUT2D eigenvalue weighted by Crippen LogP contribution is -2.15. The van der Waals surface area contributed by atoms with Crippen LogP contribution < -0.4 is 5.32 Å². The summed E-state index contributed by atoms with van der Waals surface area (Å²) in [5.74, 6) is -0.128. The molecule has 3 rings (SSSR count). The number of amides is 1. The van der Waals surface area contributed by atoms with E-state index in [1.54, 1.807) is 18.2 Å². The molecular weight excluding hydrogens is 319 g/mol. The second-order valence-corrected chi connectivity index (χ2v) is 5.97. The van der Waals surface area contributed by atoms with E-state index in [1.165, 1.54) is 0 Å². The second-order valence-electron chi connectivity index (χ2n) is 5.12. The van der Waals surface area contributed by atoms with E-state index < -0.39 is 0 Å². The van der Waals surface area contributed by atoms with E-state index >= 15 is 0 Å². The summed E-state index contributed by atoms with van der Waals surface area (Å²) in [5, 5.41) is 4.87. The standard InChI is InChI=1S/C17H14Cl2N2O/c1-10-13(12-4-2-3-5-15(12)20-10)9-17(22)21-16-8-11(18)6-7-14(16)19/h2-8,20H,9H2,1H3,(H,21,22). The highest BCUT2D eigenvalue weighted by Gasteiger charge is 2.13. The Hall–Kier alpha value is -1.97. The van der Waals surface area contributed by atoms with E-state index in [0.717, 1.165) is 22.2 Å². The van der Waals surface area contributed by atoms with Gasteiger partial charge in [0.05, 0.1) is 17.1 Å². The number of aromatic amines is 1. The van der Waals surface area contributed by atoms with Crippen LogP contribution in [0.5, 0.6) is 0 Å². The molecule has 0 aliphatic rings. The van der Waals surface area contributed by atoms with Crippen LogP contribution in [0.2, 0.25) is 10.0 Å². The molecule has 3 nitrogen and oxygen atoms in total. The minimum atomic E-state index is -0.128. The zero-order valence-corrected chi connectivity index (χ0v) is 13.4. The topological polar surface area (TPSA) is 44.9 Å². The minimum absolute atomic E-state index is 0.128. The van der Waals surface area contributed by atoms with Crippen LogP contribution >= 0.6 is 23.2 Å². The summed E-state index contributed by atoms with van der Waals surface area (Å²) in [6.45, 7) is 1.97. The van der Waals surface area contributed by atoms with E-state index in [9.17, 15) is 4.79 Å². The SMILES string of the molecule is Cc1[nH]c2ccccc2c1CC(=O)Nc1cc(Cl)ccc1Cl. The van der Waals surface area contributed by atoms with Gasteiger partial charge in [0.2, 0.25) is 5.91 Å². The Morgan fingerprint density at radius 1 is 1.18 bits per heavy atom. The van der Waals surface area contributed by atoms with Crippen LogP contribution in [0.15, 0.2) is 42.5 Å². The normalized spacial score (nSPS) is 10.9. The van der Waals surface area contributed by atoms with Crippen molar-refractivity contribution in [1.82, 2.24) is 4.98 Å². The number of aromatic nitrogens is 1. The molecule has 112 valence electrons. The molecule has 0 saturated heterocycles. The van der Waals surface area contributed by atoms with E-state index in [0.29, 0.717) is 15.7 Å². The van der Waals surface area contributed by atoms with Gasteiger partial charge in [-0.2, -0.15) is 0 Å². The molecule has 1 heterocycles. The molecule has 0 unspecified atom stereocenters. The fraction of sp³-hybridized carbons (Fsp3) is 0.118. The molecule has 2 aromatic carbocycles. The number of nitrogens with one attached hydrogen (secondary N) is 2. The Morgan fingerprint density at radius 2 is 1.95 bits per heavy atom. The third-order valence-corrected chi connectivity index (χ3v) is 4.13. The van der Waals surface area contributed by atoms with Crippen LogP contribution in [0.1, 0.15) is 11.3 Å². The van der Waals surface area contributed by atoms with Crippen LogP contribution in [0.4, 0.5) is 5.69 Å². The Balaban J connectivity index is 1.84. The maximum absolute atomic E-state index is 12.3. The molecule has 3 aromatic rings. The third kappa shape index (κ3) is 2.96. The van der Waals surface area contributed by atoms with E-state index in [4.69, 9.17) is 23.2 Å². The Bertz CT molecular complexity index is 855. The van der Waals surface area contributed by atoms with Gasteiger partial charge in [-0.25, -0.2) is 0 Å². The number of anilines is 1. The molecule has 0 bridgehead atoms. The summed E-state index contributed by atoms with van der Waals surface area (Å²) < 4.78 is 0. The number of hydrogen-bond acceptors (Lipinski definition) is 1. The smallest absolute Gasteiger partial charge is 0.228 e. The zero-order valence-electron chi connectivity index (χ0n) is 11.9. The minimum Gasteiger partial charge on any atom is -0.358 e. The molecule has 0 fully saturated rings. The van der Waals surface area contributed by atoms with Crippen molar-refractivity contribution >= 4 is 45.7 Å². The molecule has 1 amide bonds. The molecule has 22 heavy (non-hydrogen) atoms. The number of halogens is 2. The van der Waals surface area contributed by atoms with Gasteiger partial charge in [0, 0.05) is 21.6 Å². The van der Waals surface area contributed by atoms with Crippen LogP contribution in [-0.4, -0.2) is 10.9 Å². The lowest BCUT2D eigenvalue weighted by Gasteiger charge is -2.08. The molecule has 1 aromatic heterocycles. The van der Waals surface area contributed by atoms with Crippen LogP contribution in [-0.2, 0) is 11.2 Å². The second kappa shape index (κ2) is 6.03. The molecule has 0 atom stereocenters. The van der Waals surface area contributed by atoms with Gasteiger partial charge in [0.25, 0.3) is 0 Å².